The monoisotopic (exact) mass is 434 g/mol. The first-order valence-corrected chi connectivity index (χ1v) is 10.9. The summed E-state index contributed by atoms with van der Waals surface area (Å²) in [6.07, 6.45) is 3.68. The predicted molar refractivity (Wildman–Crippen MR) is 123 cm³/mol. The Hall–Kier alpha value is -3.19. The molecule has 1 amide bonds. The van der Waals surface area contributed by atoms with Crippen LogP contribution in [0.1, 0.15) is 35.7 Å². The molecule has 1 aliphatic heterocycles. The number of benzene rings is 2. The van der Waals surface area contributed by atoms with Crippen molar-refractivity contribution in [3.63, 3.8) is 0 Å². The van der Waals surface area contributed by atoms with Crippen LogP contribution in [0.4, 0.5) is 11.8 Å². The van der Waals surface area contributed by atoms with Crippen LogP contribution in [0.2, 0.25) is 5.02 Å². The molecule has 2 aromatic heterocycles. The Labute approximate surface area is 185 Å². The molecule has 3 heterocycles. The molecule has 0 spiro atoms. The lowest BCUT2D eigenvalue weighted by Crippen LogP contribution is -2.28. The molecule has 1 fully saturated rings. The minimum atomic E-state index is 0.0820. The van der Waals surface area contributed by atoms with E-state index < -0.39 is 0 Å². The number of H-pyrrole nitrogens is 1. The maximum absolute atomic E-state index is 13.0. The van der Waals surface area contributed by atoms with Gasteiger partial charge in [0.1, 0.15) is 12.1 Å². The molecule has 0 bridgehead atoms. The van der Waals surface area contributed by atoms with E-state index >= 15 is 0 Å². The first-order chi connectivity index (χ1) is 15.0. The highest BCUT2D eigenvalue weighted by Gasteiger charge is 2.23. The molecule has 1 N–H and O–H groups in total. The van der Waals surface area contributed by atoms with Crippen molar-refractivity contribution in [3.8, 4) is 0 Å². The number of likely N-dealkylation sites (tertiary alicyclic amines) is 1. The van der Waals surface area contributed by atoms with E-state index in [4.69, 9.17) is 16.6 Å². The highest BCUT2D eigenvalue weighted by Crippen LogP contribution is 2.31. The summed E-state index contributed by atoms with van der Waals surface area (Å²) in [5.41, 5.74) is 4.09. The number of hydrogen-bond acceptors (Lipinski definition) is 5. The number of nitrogens with one attached hydrogen (secondary N) is 1. The third-order valence-electron chi connectivity index (χ3n) is 5.84. The number of aryl methyl sites for hydroxylation is 1. The van der Waals surface area contributed by atoms with Crippen molar-refractivity contribution in [2.24, 2.45) is 0 Å². The van der Waals surface area contributed by atoms with Gasteiger partial charge in [-0.3, -0.25) is 9.69 Å². The average Bonchev–Trinajstić information content (AvgIpc) is 3.43. The third kappa shape index (κ3) is 3.49. The van der Waals surface area contributed by atoms with Gasteiger partial charge in [-0.2, -0.15) is 0 Å². The molecule has 7 nitrogen and oxygen atoms in total. The maximum Gasteiger partial charge on any atom is 0.254 e. The van der Waals surface area contributed by atoms with Gasteiger partial charge < -0.3 is 9.88 Å². The number of aromatic amines is 1. The molecule has 4 aromatic rings. The molecule has 0 atom stereocenters. The molecule has 31 heavy (non-hydrogen) atoms. The largest absolute Gasteiger partial charge is 0.339 e. The number of hydrogen-bond donors (Lipinski definition) is 1. The van der Waals surface area contributed by atoms with E-state index in [9.17, 15) is 4.79 Å². The molecule has 0 radical (unpaired) electrons. The Morgan fingerprint density at radius 1 is 1.16 bits per heavy atom. The molecule has 0 saturated carbocycles. The Bertz CT molecular complexity index is 1290. The van der Waals surface area contributed by atoms with Gasteiger partial charge in [0.25, 0.3) is 5.91 Å². The van der Waals surface area contributed by atoms with Crippen LogP contribution >= 0.6 is 11.6 Å². The number of halogens is 1. The number of amides is 1. The van der Waals surface area contributed by atoms with Gasteiger partial charge in [0, 0.05) is 35.6 Å². The van der Waals surface area contributed by atoms with Crippen molar-refractivity contribution in [2.75, 3.05) is 24.5 Å². The van der Waals surface area contributed by atoms with Crippen molar-refractivity contribution in [1.29, 1.82) is 0 Å². The molecule has 0 aliphatic carbocycles. The van der Waals surface area contributed by atoms with Gasteiger partial charge in [-0.25, -0.2) is 15.0 Å². The lowest BCUT2D eigenvalue weighted by Gasteiger charge is -2.21. The van der Waals surface area contributed by atoms with Gasteiger partial charge in [0.15, 0.2) is 0 Å². The van der Waals surface area contributed by atoms with Crippen LogP contribution in [0.5, 0.6) is 0 Å². The van der Waals surface area contributed by atoms with Crippen LogP contribution in [0.25, 0.3) is 21.9 Å². The first kappa shape index (κ1) is 19.8. The van der Waals surface area contributed by atoms with Crippen molar-refractivity contribution >= 4 is 51.2 Å². The van der Waals surface area contributed by atoms with Crippen LogP contribution in [0, 0.1) is 6.92 Å². The topological polar surface area (TPSA) is 78.0 Å². The number of imidazole rings is 1. The van der Waals surface area contributed by atoms with E-state index in [0.717, 1.165) is 59.2 Å². The standard InChI is InChI=1S/C23H23ClN6O/c1-3-30(23-27-18-7-6-15(24)11-20(18)28-23)21-17-10-14(2)16(12-19(17)25-13-26-21)22(31)29-8-4-5-9-29/h6-7,10-13H,3-5,8-9H2,1-2H3,(H,27,28). The Kier molecular flexibility index (Phi) is 4.98. The second kappa shape index (κ2) is 7.81. The fraction of sp³-hybridized carbons (Fsp3) is 0.304. The molecule has 0 unspecified atom stereocenters. The minimum Gasteiger partial charge on any atom is -0.339 e. The summed E-state index contributed by atoms with van der Waals surface area (Å²) in [5, 5.41) is 1.54. The molecule has 8 heteroatoms. The number of fused-ring (bicyclic) bond motifs is 2. The summed E-state index contributed by atoms with van der Waals surface area (Å²) in [7, 11) is 0. The van der Waals surface area contributed by atoms with E-state index in [-0.39, 0.29) is 5.91 Å². The van der Waals surface area contributed by atoms with Gasteiger partial charge in [0.05, 0.1) is 16.6 Å². The fourth-order valence-electron chi connectivity index (χ4n) is 4.23. The molecular weight excluding hydrogens is 412 g/mol. The zero-order valence-electron chi connectivity index (χ0n) is 17.5. The van der Waals surface area contributed by atoms with Gasteiger partial charge in [-0.1, -0.05) is 11.6 Å². The van der Waals surface area contributed by atoms with Gasteiger partial charge in [-0.15, -0.1) is 0 Å². The van der Waals surface area contributed by atoms with Crippen LogP contribution in [0.3, 0.4) is 0 Å². The maximum atomic E-state index is 13.0. The normalized spacial score (nSPS) is 14.0. The Morgan fingerprint density at radius 2 is 1.97 bits per heavy atom. The zero-order valence-corrected chi connectivity index (χ0v) is 18.3. The number of aromatic nitrogens is 4. The number of anilines is 2. The summed E-state index contributed by atoms with van der Waals surface area (Å²) in [6.45, 7) is 6.33. The van der Waals surface area contributed by atoms with Crippen molar-refractivity contribution in [2.45, 2.75) is 26.7 Å². The highest BCUT2D eigenvalue weighted by molar-refractivity contribution is 6.31. The van der Waals surface area contributed by atoms with Gasteiger partial charge in [0.2, 0.25) is 5.95 Å². The van der Waals surface area contributed by atoms with Crippen LogP contribution in [-0.2, 0) is 0 Å². The second-order valence-electron chi connectivity index (χ2n) is 7.85. The van der Waals surface area contributed by atoms with Crippen molar-refractivity contribution < 1.29 is 4.79 Å². The van der Waals surface area contributed by atoms with Gasteiger partial charge in [-0.05, 0) is 62.6 Å². The highest BCUT2D eigenvalue weighted by atomic mass is 35.5. The summed E-state index contributed by atoms with van der Waals surface area (Å²) >= 11 is 6.13. The third-order valence-corrected chi connectivity index (χ3v) is 6.08. The second-order valence-corrected chi connectivity index (χ2v) is 8.28. The molecule has 1 saturated heterocycles. The predicted octanol–water partition coefficient (Wildman–Crippen LogP) is 4.86. The lowest BCUT2D eigenvalue weighted by molar-refractivity contribution is 0.0792. The summed E-state index contributed by atoms with van der Waals surface area (Å²) in [6, 6.07) is 9.48. The fourth-order valence-corrected chi connectivity index (χ4v) is 4.40. The Balaban J connectivity index is 1.59. The van der Waals surface area contributed by atoms with Crippen molar-refractivity contribution in [1.82, 2.24) is 24.8 Å². The van der Waals surface area contributed by atoms with E-state index in [2.05, 4.69) is 15.0 Å². The van der Waals surface area contributed by atoms with E-state index in [1.54, 1.807) is 6.33 Å². The molecule has 1 aliphatic rings. The van der Waals surface area contributed by atoms with E-state index in [1.165, 1.54) is 0 Å². The van der Waals surface area contributed by atoms with Gasteiger partial charge >= 0.3 is 0 Å². The first-order valence-electron chi connectivity index (χ1n) is 10.5. The van der Waals surface area contributed by atoms with Crippen LogP contribution < -0.4 is 4.90 Å². The van der Waals surface area contributed by atoms with E-state index in [0.29, 0.717) is 23.1 Å². The smallest absolute Gasteiger partial charge is 0.254 e. The zero-order chi connectivity index (χ0) is 21.5. The van der Waals surface area contributed by atoms with E-state index in [1.807, 2.05) is 54.0 Å². The molecular formula is C23H23ClN6O. The SMILES string of the molecule is CCN(c1nc2ccc(Cl)cc2[nH]1)c1ncnc2cc(C(=O)N3CCCC3)c(C)cc12. The number of rotatable bonds is 4. The van der Waals surface area contributed by atoms with Crippen LogP contribution in [-0.4, -0.2) is 50.4 Å². The minimum absolute atomic E-state index is 0.0820. The lowest BCUT2D eigenvalue weighted by atomic mass is 10.0. The van der Waals surface area contributed by atoms with Crippen molar-refractivity contribution in [3.05, 3.63) is 52.8 Å². The number of nitrogens with zero attached hydrogens (tertiary/aromatic N) is 5. The number of carbonyl (C=O) groups is 1. The molecule has 5 rings (SSSR count). The average molecular weight is 435 g/mol. The number of carbonyl (C=O) groups excluding carboxylic acids is 1. The quantitative estimate of drug-likeness (QED) is 0.496. The molecule has 2 aromatic carbocycles. The summed E-state index contributed by atoms with van der Waals surface area (Å²) in [4.78, 5) is 34.0. The summed E-state index contributed by atoms with van der Waals surface area (Å²) in [5.74, 6) is 1.52. The summed E-state index contributed by atoms with van der Waals surface area (Å²) < 4.78 is 0. The van der Waals surface area contributed by atoms with Crippen LogP contribution in [0.15, 0.2) is 36.7 Å². The Morgan fingerprint density at radius 3 is 2.74 bits per heavy atom. The molecule has 158 valence electrons.